The third-order valence-corrected chi connectivity index (χ3v) is 1.39. The highest BCUT2D eigenvalue weighted by Crippen LogP contribution is 2.13. The van der Waals surface area contributed by atoms with Gasteiger partial charge in [-0.15, -0.1) is 0 Å². The van der Waals surface area contributed by atoms with Gasteiger partial charge in [0.25, 0.3) is 0 Å². The zero-order chi connectivity index (χ0) is 7.68. The first-order valence-corrected chi connectivity index (χ1v) is 3.17. The first-order valence-electron chi connectivity index (χ1n) is 3.17. The summed E-state index contributed by atoms with van der Waals surface area (Å²) < 4.78 is 0. The smallest absolute Gasteiger partial charge is 0.142 e. The van der Waals surface area contributed by atoms with Crippen LogP contribution >= 0.6 is 0 Å². The summed E-state index contributed by atoms with van der Waals surface area (Å²) in [5.41, 5.74) is 0.741. The van der Waals surface area contributed by atoms with Crippen LogP contribution in [0.25, 0.3) is 10.9 Å². The number of nitrogens with zero attached hydrogens (tertiary/aromatic N) is 2. The summed E-state index contributed by atoms with van der Waals surface area (Å²) in [7, 11) is 0. The summed E-state index contributed by atoms with van der Waals surface area (Å²) in [5, 5.41) is 9.77. The monoisotopic (exact) mass is 145 g/mol. The zero-order valence-electron chi connectivity index (χ0n) is 5.65. The molecule has 0 spiro atoms. The number of hydrogen-bond acceptors (Lipinski definition) is 3. The normalized spacial score (nSPS) is 10.2. The Morgan fingerprint density at radius 1 is 1.36 bits per heavy atom. The molecule has 1 radical (unpaired) electrons. The van der Waals surface area contributed by atoms with Gasteiger partial charge in [-0.1, -0.05) is 0 Å². The molecule has 2 aromatic rings. The number of pyridine rings is 2. The van der Waals surface area contributed by atoms with Crippen molar-refractivity contribution in [1.29, 1.82) is 0 Å². The van der Waals surface area contributed by atoms with Crippen LogP contribution in [0.15, 0.2) is 24.7 Å². The van der Waals surface area contributed by atoms with Crippen molar-refractivity contribution in [2.75, 3.05) is 0 Å². The second kappa shape index (κ2) is 2.20. The molecule has 0 aromatic carbocycles. The zero-order valence-corrected chi connectivity index (χ0v) is 5.65. The molecule has 0 fully saturated rings. The highest BCUT2D eigenvalue weighted by molar-refractivity contribution is 5.77. The van der Waals surface area contributed by atoms with Gasteiger partial charge in [-0.25, -0.2) is 0 Å². The molecular formula is C8H5N2O. The Hall–Kier alpha value is -1.64. The summed E-state index contributed by atoms with van der Waals surface area (Å²) in [6.45, 7) is 0. The van der Waals surface area contributed by atoms with Crippen molar-refractivity contribution in [3.63, 3.8) is 0 Å². The number of hydrogen-bond donors (Lipinski definition) is 1. The van der Waals surface area contributed by atoms with E-state index in [2.05, 4.69) is 16.0 Å². The molecule has 0 aliphatic heterocycles. The van der Waals surface area contributed by atoms with Crippen molar-refractivity contribution < 1.29 is 5.11 Å². The standard InChI is InChI=1S/C8H5N2O/c11-7-3-6-1-2-9-5-8(6)10-4-7/h1-2,4-5,11H. The van der Waals surface area contributed by atoms with Crippen LogP contribution in [0.3, 0.4) is 0 Å². The van der Waals surface area contributed by atoms with Crippen molar-refractivity contribution in [2.45, 2.75) is 0 Å². The molecule has 3 heteroatoms. The number of rotatable bonds is 0. The van der Waals surface area contributed by atoms with Crippen LogP contribution in [0.2, 0.25) is 0 Å². The van der Waals surface area contributed by atoms with Gasteiger partial charge in [0, 0.05) is 17.6 Å². The lowest BCUT2D eigenvalue weighted by atomic mass is 10.3. The van der Waals surface area contributed by atoms with Gasteiger partial charge in [0.2, 0.25) is 0 Å². The fourth-order valence-corrected chi connectivity index (χ4v) is 0.896. The third kappa shape index (κ3) is 1.00. The van der Waals surface area contributed by atoms with Crippen LogP contribution in [0.5, 0.6) is 5.75 Å². The Kier molecular flexibility index (Phi) is 1.22. The lowest BCUT2D eigenvalue weighted by molar-refractivity contribution is 0.473. The Morgan fingerprint density at radius 3 is 3.18 bits per heavy atom. The van der Waals surface area contributed by atoms with Crippen LogP contribution < -0.4 is 0 Å². The number of fused-ring (bicyclic) bond motifs is 1. The first kappa shape index (κ1) is 6.09. The van der Waals surface area contributed by atoms with E-state index in [9.17, 15) is 0 Å². The lowest BCUT2D eigenvalue weighted by Gasteiger charge is -1.93. The van der Waals surface area contributed by atoms with Crippen molar-refractivity contribution in [3.05, 3.63) is 30.7 Å². The van der Waals surface area contributed by atoms with E-state index in [4.69, 9.17) is 5.11 Å². The quantitative estimate of drug-likeness (QED) is 0.604. The second-order valence-corrected chi connectivity index (χ2v) is 2.16. The topological polar surface area (TPSA) is 46.0 Å². The predicted molar refractivity (Wildman–Crippen MR) is 40.0 cm³/mol. The summed E-state index contributed by atoms with van der Waals surface area (Å²) >= 11 is 0. The fraction of sp³-hybridized carbons (Fsp3) is 0. The number of aromatic nitrogens is 2. The maximum atomic E-state index is 8.99. The van der Waals surface area contributed by atoms with Crippen LogP contribution in [0.4, 0.5) is 0 Å². The average molecular weight is 145 g/mol. The van der Waals surface area contributed by atoms with Crippen LogP contribution in [-0.4, -0.2) is 15.1 Å². The van der Waals surface area contributed by atoms with Crippen LogP contribution in [-0.2, 0) is 0 Å². The predicted octanol–water partition coefficient (Wildman–Crippen LogP) is 1.14. The van der Waals surface area contributed by atoms with Crippen molar-refractivity contribution in [3.8, 4) is 5.75 Å². The summed E-state index contributed by atoms with van der Waals surface area (Å²) in [4.78, 5) is 7.82. The minimum absolute atomic E-state index is 0.0590. The number of aromatic hydroxyl groups is 1. The largest absolute Gasteiger partial charge is 0.506 e. The molecular weight excluding hydrogens is 140 g/mol. The van der Waals surface area contributed by atoms with E-state index in [1.807, 2.05) is 0 Å². The summed E-state index contributed by atoms with van der Waals surface area (Å²) in [6, 6.07) is 4.49. The Bertz CT molecular complexity index is 387. The molecule has 0 aliphatic rings. The van der Waals surface area contributed by atoms with Crippen molar-refractivity contribution in [2.24, 2.45) is 0 Å². The SMILES string of the molecule is Oc1[c]c2ccncc2nc1. The van der Waals surface area contributed by atoms with Gasteiger partial charge < -0.3 is 5.11 Å². The molecule has 0 unspecified atom stereocenters. The molecule has 2 rings (SSSR count). The maximum absolute atomic E-state index is 8.99. The highest BCUT2D eigenvalue weighted by Gasteiger charge is 1.94. The van der Waals surface area contributed by atoms with Gasteiger partial charge in [0.1, 0.15) is 5.75 Å². The van der Waals surface area contributed by atoms with Crippen molar-refractivity contribution in [1.82, 2.24) is 9.97 Å². The van der Waals surface area contributed by atoms with E-state index in [0.717, 1.165) is 10.9 Å². The van der Waals surface area contributed by atoms with E-state index in [-0.39, 0.29) is 5.75 Å². The molecule has 2 heterocycles. The molecule has 1 N–H and O–H groups in total. The molecule has 0 aliphatic carbocycles. The molecule has 0 saturated heterocycles. The minimum Gasteiger partial charge on any atom is -0.506 e. The fourth-order valence-electron chi connectivity index (χ4n) is 0.896. The van der Waals surface area contributed by atoms with Crippen LogP contribution in [0.1, 0.15) is 0 Å². The van der Waals surface area contributed by atoms with Gasteiger partial charge in [0.15, 0.2) is 0 Å². The first-order chi connectivity index (χ1) is 5.36. The van der Waals surface area contributed by atoms with E-state index in [1.54, 1.807) is 18.5 Å². The van der Waals surface area contributed by atoms with Gasteiger partial charge in [-0.2, -0.15) is 0 Å². The van der Waals surface area contributed by atoms with E-state index >= 15 is 0 Å². The molecule has 3 nitrogen and oxygen atoms in total. The third-order valence-electron chi connectivity index (χ3n) is 1.39. The summed E-state index contributed by atoms with van der Waals surface area (Å²) in [5.74, 6) is 0.0590. The lowest BCUT2D eigenvalue weighted by Crippen LogP contribution is -1.79. The minimum atomic E-state index is 0.0590. The molecule has 0 atom stereocenters. The Balaban J connectivity index is 2.83. The Morgan fingerprint density at radius 2 is 2.27 bits per heavy atom. The van der Waals surface area contributed by atoms with Gasteiger partial charge in [-0.3, -0.25) is 9.97 Å². The molecule has 11 heavy (non-hydrogen) atoms. The molecule has 0 saturated carbocycles. The molecule has 0 amide bonds. The Labute approximate surface area is 63.3 Å². The van der Waals surface area contributed by atoms with E-state index < -0.39 is 0 Å². The van der Waals surface area contributed by atoms with Gasteiger partial charge in [0.05, 0.1) is 17.9 Å². The molecule has 2 aromatic heterocycles. The summed E-state index contributed by atoms with van der Waals surface area (Å²) in [6.07, 6.45) is 4.62. The van der Waals surface area contributed by atoms with Crippen LogP contribution in [0, 0.1) is 6.07 Å². The van der Waals surface area contributed by atoms with Gasteiger partial charge in [-0.05, 0) is 6.07 Å². The van der Waals surface area contributed by atoms with E-state index in [0.29, 0.717) is 0 Å². The van der Waals surface area contributed by atoms with Gasteiger partial charge >= 0.3 is 0 Å². The second-order valence-electron chi connectivity index (χ2n) is 2.16. The molecule has 0 bridgehead atoms. The highest BCUT2D eigenvalue weighted by atomic mass is 16.3. The molecule has 53 valence electrons. The maximum Gasteiger partial charge on any atom is 0.142 e. The van der Waals surface area contributed by atoms with Crippen molar-refractivity contribution >= 4 is 10.9 Å². The average Bonchev–Trinajstić information content (AvgIpc) is 2.04. The van der Waals surface area contributed by atoms with E-state index in [1.165, 1.54) is 6.20 Å².